The van der Waals surface area contributed by atoms with Gasteiger partial charge >= 0.3 is 5.97 Å². The molecule has 2 unspecified atom stereocenters. The van der Waals surface area contributed by atoms with Crippen LogP contribution in [0.25, 0.3) is 0 Å². The maximum Gasteiger partial charge on any atom is 0.307 e. The third-order valence-electron chi connectivity index (χ3n) is 2.85. The molecule has 2 atom stereocenters. The van der Waals surface area contributed by atoms with Gasteiger partial charge in [0.25, 0.3) is 0 Å². The average molecular weight is 225 g/mol. The Kier molecular flexibility index (Phi) is 2.78. The van der Waals surface area contributed by atoms with Crippen LogP contribution in [0, 0.1) is 11.7 Å². The zero-order chi connectivity index (χ0) is 11.7. The van der Waals surface area contributed by atoms with Gasteiger partial charge in [-0.05, 0) is 24.1 Å². The molecule has 4 nitrogen and oxygen atoms in total. The van der Waals surface area contributed by atoms with Crippen LogP contribution in [0.1, 0.15) is 18.0 Å². The molecular formula is C11H12FNO3. The van der Waals surface area contributed by atoms with Crippen LogP contribution in [0.3, 0.4) is 0 Å². The Labute approximate surface area is 91.7 Å². The second-order valence-electron chi connectivity index (χ2n) is 3.94. The Balaban J connectivity index is 2.14. The van der Waals surface area contributed by atoms with E-state index in [1.165, 1.54) is 12.1 Å². The summed E-state index contributed by atoms with van der Waals surface area (Å²) in [6.07, 6.45) is 0.444. The van der Waals surface area contributed by atoms with Crippen LogP contribution >= 0.6 is 0 Å². The van der Waals surface area contributed by atoms with Gasteiger partial charge in [0.05, 0.1) is 5.92 Å². The monoisotopic (exact) mass is 225 g/mol. The SMILES string of the molecule is O=C(O)C1CNC(c2ccc(O)c(F)c2)C1. The van der Waals surface area contributed by atoms with Crippen molar-refractivity contribution in [1.82, 2.24) is 5.32 Å². The molecule has 1 heterocycles. The summed E-state index contributed by atoms with van der Waals surface area (Å²) >= 11 is 0. The van der Waals surface area contributed by atoms with Crippen LogP contribution in [0.4, 0.5) is 4.39 Å². The van der Waals surface area contributed by atoms with Crippen molar-refractivity contribution in [3.63, 3.8) is 0 Å². The second-order valence-corrected chi connectivity index (χ2v) is 3.94. The number of hydrogen-bond acceptors (Lipinski definition) is 3. The molecule has 1 aliphatic heterocycles. The summed E-state index contributed by atoms with van der Waals surface area (Å²) in [6, 6.07) is 3.95. The van der Waals surface area contributed by atoms with Crippen molar-refractivity contribution in [2.45, 2.75) is 12.5 Å². The predicted octanol–water partition coefficient (Wildman–Crippen LogP) is 1.27. The van der Waals surface area contributed by atoms with E-state index in [-0.39, 0.29) is 6.04 Å². The van der Waals surface area contributed by atoms with Crippen LogP contribution in [-0.2, 0) is 4.79 Å². The minimum Gasteiger partial charge on any atom is -0.505 e. The highest BCUT2D eigenvalue weighted by Crippen LogP contribution is 2.29. The van der Waals surface area contributed by atoms with Crippen molar-refractivity contribution in [2.75, 3.05) is 6.54 Å². The number of phenols is 1. The first kappa shape index (κ1) is 10.9. The molecule has 0 saturated carbocycles. The molecule has 5 heteroatoms. The molecule has 0 radical (unpaired) electrons. The van der Waals surface area contributed by atoms with Gasteiger partial charge in [-0.25, -0.2) is 4.39 Å². The van der Waals surface area contributed by atoms with Crippen LogP contribution in [-0.4, -0.2) is 22.7 Å². The molecule has 0 bridgehead atoms. The van der Waals surface area contributed by atoms with E-state index in [0.29, 0.717) is 18.5 Å². The van der Waals surface area contributed by atoms with Gasteiger partial charge in [0.1, 0.15) is 0 Å². The van der Waals surface area contributed by atoms with Gasteiger partial charge in [0.2, 0.25) is 0 Å². The van der Waals surface area contributed by atoms with E-state index in [1.54, 1.807) is 6.07 Å². The number of aromatic hydroxyl groups is 1. The number of halogens is 1. The van der Waals surface area contributed by atoms with Crippen molar-refractivity contribution in [2.24, 2.45) is 5.92 Å². The van der Waals surface area contributed by atoms with E-state index in [0.717, 1.165) is 0 Å². The second kappa shape index (κ2) is 4.09. The maximum absolute atomic E-state index is 13.1. The Morgan fingerprint density at radius 1 is 1.50 bits per heavy atom. The lowest BCUT2D eigenvalue weighted by molar-refractivity contribution is -0.141. The number of benzene rings is 1. The molecule has 1 fully saturated rings. The van der Waals surface area contributed by atoms with Gasteiger partial charge in [-0.3, -0.25) is 4.79 Å². The Bertz CT molecular complexity index is 422. The first-order valence-electron chi connectivity index (χ1n) is 5.02. The number of carboxylic acid groups (broad SMARTS) is 1. The Morgan fingerprint density at radius 2 is 2.25 bits per heavy atom. The van der Waals surface area contributed by atoms with Gasteiger partial charge in [0.15, 0.2) is 11.6 Å². The molecule has 0 aliphatic carbocycles. The van der Waals surface area contributed by atoms with Crippen LogP contribution in [0.2, 0.25) is 0 Å². The first-order chi connectivity index (χ1) is 7.58. The number of hydrogen-bond donors (Lipinski definition) is 3. The molecule has 1 aromatic carbocycles. The molecule has 1 aromatic rings. The summed E-state index contributed by atoms with van der Waals surface area (Å²) in [5.74, 6) is -2.34. The van der Waals surface area contributed by atoms with E-state index in [2.05, 4.69) is 5.32 Å². The largest absolute Gasteiger partial charge is 0.505 e. The van der Waals surface area contributed by atoms with Crippen molar-refractivity contribution in [1.29, 1.82) is 0 Å². The predicted molar refractivity (Wildman–Crippen MR) is 54.6 cm³/mol. The fraction of sp³-hybridized carbons (Fsp3) is 0.364. The zero-order valence-electron chi connectivity index (χ0n) is 8.48. The van der Waals surface area contributed by atoms with E-state index in [9.17, 15) is 9.18 Å². The first-order valence-corrected chi connectivity index (χ1v) is 5.02. The van der Waals surface area contributed by atoms with E-state index in [4.69, 9.17) is 10.2 Å². The molecule has 16 heavy (non-hydrogen) atoms. The van der Waals surface area contributed by atoms with Gasteiger partial charge in [-0.1, -0.05) is 6.07 Å². The highest BCUT2D eigenvalue weighted by atomic mass is 19.1. The molecular weight excluding hydrogens is 213 g/mol. The zero-order valence-corrected chi connectivity index (χ0v) is 8.48. The third kappa shape index (κ3) is 1.99. The molecule has 1 saturated heterocycles. The highest BCUT2D eigenvalue weighted by molar-refractivity contribution is 5.70. The van der Waals surface area contributed by atoms with Crippen molar-refractivity contribution >= 4 is 5.97 Å². The third-order valence-corrected chi connectivity index (χ3v) is 2.85. The van der Waals surface area contributed by atoms with Crippen LogP contribution in [0.15, 0.2) is 18.2 Å². The van der Waals surface area contributed by atoms with E-state index in [1.807, 2.05) is 0 Å². The smallest absolute Gasteiger partial charge is 0.307 e. The summed E-state index contributed by atoms with van der Waals surface area (Å²) in [5.41, 5.74) is 0.666. The normalized spacial score (nSPS) is 24.6. The lowest BCUT2D eigenvalue weighted by atomic mass is 10.00. The lowest BCUT2D eigenvalue weighted by Gasteiger charge is -2.10. The number of carbonyl (C=O) groups is 1. The molecule has 0 spiro atoms. The minimum absolute atomic E-state index is 0.156. The topological polar surface area (TPSA) is 69.6 Å². The van der Waals surface area contributed by atoms with Crippen LogP contribution < -0.4 is 5.32 Å². The molecule has 3 N–H and O–H groups in total. The Morgan fingerprint density at radius 3 is 2.81 bits per heavy atom. The fourth-order valence-corrected chi connectivity index (χ4v) is 1.92. The summed E-state index contributed by atoms with van der Waals surface area (Å²) < 4.78 is 13.1. The summed E-state index contributed by atoms with van der Waals surface area (Å²) in [6.45, 7) is 0.391. The molecule has 0 amide bonds. The summed E-state index contributed by atoms with van der Waals surface area (Å²) in [4.78, 5) is 10.7. The average Bonchev–Trinajstić information content (AvgIpc) is 2.71. The van der Waals surface area contributed by atoms with Gasteiger partial charge in [0, 0.05) is 12.6 Å². The molecule has 86 valence electrons. The van der Waals surface area contributed by atoms with Crippen LogP contribution in [0.5, 0.6) is 5.75 Å². The molecule has 0 aromatic heterocycles. The number of rotatable bonds is 2. The number of carboxylic acids is 1. The van der Waals surface area contributed by atoms with Crippen molar-refractivity contribution < 1.29 is 19.4 Å². The van der Waals surface area contributed by atoms with Gasteiger partial charge in [-0.15, -0.1) is 0 Å². The Hall–Kier alpha value is -1.62. The van der Waals surface area contributed by atoms with Gasteiger partial charge in [-0.2, -0.15) is 0 Å². The number of nitrogens with one attached hydrogen (secondary N) is 1. The number of aliphatic carboxylic acids is 1. The highest BCUT2D eigenvalue weighted by Gasteiger charge is 2.30. The quantitative estimate of drug-likeness (QED) is 0.708. The fourth-order valence-electron chi connectivity index (χ4n) is 1.92. The van der Waals surface area contributed by atoms with E-state index >= 15 is 0 Å². The van der Waals surface area contributed by atoms with Gasteiger partial charge < -0.3 is 15.5 Å². The summed E-state index contributed by atoms with van der Waals surface area (Å²) in [7, 11) is 0. The maximum atomic E-state index is 13.1. The molecule has 1 aliphatic rings. The van der Waals surface area contributed by atoms with E-state index < -0.39 is 23.5 Å². The van der Waals surface area contributed by atoms with Crippen molar-refractivity contribution in [3.05, 3.63) is 29.6 Å². The van der Waals surface area contributed by atoms with Crippen molar-refractivity contribution in [3.8, 4) is 5.75 Å². The number of phenolic OH excluding ortho intramolecular Hbond substituents is 1. The minimum atomic E-state index is -0.839. The standard InChI is InChI=1S/C11H12FNO3/c12-8-3-6(1-2-10(8)14)9-4-7(5-13-9)11(15)16/h1-3,7,9,13-14H,4-5H2,(H,15,16). The lowest BCUT2D eigenvalue weighted by Crippen LogP contribution is -2.17. The summed E-state index contributed by atoms with van der Waals surface area (Å²) in [5, 5.41) is 20.9. The molecule has 2 rings (SSSR count).